The Balaban J connectivity index is 1.40. The third-order valence-corrected chi connectivity index (χ3v) is 6.57. The summed E-state index contributed by atoms with van der Waals surface area (Å²) in [4.78, 5) is 18.2. The molecule has 2 aliphatic rings. The summed E-state index contributed by atoms with van der Waals surface area (Å²) in [6, 6.07) is 11.3. The van der Waals surface area contributed by atoms with Crippen molar-refractivity contribution >= 4 is 23.0 Å². The Kier molecular flexibility index (Phi) is 6.87. The van der Waals surface area contributed by atoms with Crippen molar-refractivity contribution in [1.29, 1.82) is 0 Å². The van der Waals surface area contributed by atoms with Gasteiger partial charge in [0.05, 0.1) is 31.3 Å². The second-order valence-electron chi connectivity index (χ2n) is 9.15. The zero-order valence-electron chi connectivity index (χ0n) is 20.0. The Bertz CT molecular complexity index is 1070. The minimum Gasteiger partial charge on any atom is -0.382 e. The molecular formula is C26H33N7O. The molecule has 178 valence electrons. The Hall–Kier alpha value is -3.23. The molecule has 3 aromatic rings. The molecule has 2 aromatic heterocycles. The molecular weight excluding hydrogens is 426 g/mol. The molecule has 0 bridgehead atoms. The van der Waals surface area contributed by atoms with Crippen LogP contribution in [0.15, 0.2) is 48.9 Å². The van der Waals surface area contributed by atoms with Crippen LogP contribution < -0.4 is 15.5 Å². The summed E-state index contributed by atoms with van der Waals surface area (Å²) in [5, 5.41) is 7.11. The van der Waals surface area contributed by atoms with E-state index in [1.54, 1.807) is 12.4 Å². The summed E-state index contributed by atoms with van der Waals surface area (Å²) in [5.41, 5.74) is 5.47. The van der Waals surface area contributed by atoms with Gasteiger partial charge in [0, 0.05) is 48.3 Å². The van der Waals surface area contributed by atoms with Crippen LogP contribution >= 0.6 is 0 Å². The fraction of sp³-hybridized carbons (Fsp3) is 0.423. The van der Waals surface area contributed by atoms with Crippen LogP contribution in [0.5, 0.6) is 0 Å². The third kappa shape index (κ3) is 5.46. The number of aromatic nitrogens is 3. The van der Waals surface area contributed by atoms with Crippen LogP contribution in [-0.4, -0.2) is 72.3 Å². The van der Waals surface area contributed by atoms with Gasteiger partial charge in [-0.15, -0.1) is 0 Å². The van der Waals surface area contributed by atoms with Gasteiger partial charge in [-0.1, -0.05) is 12.1 Å². The van der Waals surface area contributed by atoms with E-state index in [2.05, 4.69) is 67.8 Å². The lowest BCUT2D eigenvalue weighted by Gasteiger charge is -2.31. The fourth-order valence-corrected chi connectivity index (χ4v) is 4.51. The number of ether oxygens (including phenoxy) is 1. The van der Waals surface area contributed by atoms with Gasteiger partial charge in [0.25, 0.3) is 0 Å². The molecule has 5 rings (SSSR count). The average molecular weight is 460 g/mol. The largest absolute Gasteiger partial charge is 0.382 e. The summed E-state index contributed by atoms with van der Waals surface area (Å²) in [6.45, 7) is 7.59. The Labute approximate surface area is 201 Å². The molecule has 0 spiro atoms. The maximum Gasteiger partial charge on any atom is 0.150 e. The molecule has 2 N–H and O–H groups in total. The molecule has 2 aliphatic heterocycles. The number of piperidine rings is 1. The SMILES string of the molecule is Cc1cnc(Nc2cc(NC3CCN(C)CC3)c(-c3ccc(N4CCOCC4)cc3)cn2)cn1. The van der Waals surface area contributed by atoms with E-state index in [-0.39, 0.29) is 0 Å². The monoisotopic (exact) mass is 459 g/mol. The molecule has 0 atom stereocenters. The summed E-state index contributed by atoms with van der Waals surface area (Å²) in [6.07, 6.45) is 7.69. The number of nitrogens with one attached hydrogen (secondary N) is 2. The third-order valence-electron chi connectivity index (χ3n) is 6.57. The highest BCUT2D eigenvalue weighted by Gasteiger charge is 2.19. The normalized spacial score (nSPS) is 17.5. The van der Waals surface area contributed by atoms with E-state index in [9.17, 15) is 0 Å². The first kappa shape index (κ1) is 22.6. The van der Waals surface area contributed by atoms with E-state index in [1.807, 2.05) is 13.1 Å². The lowest BCUT2D eigenvalue weighted by molar-refractivity contribution is 0.122. The molecule has 0 saturated carbocycles. The van der Waals surface area contributed by atoms with Crippen molar-refractivity contribution in [2.45, 2.75) is 25.8 Å². The van der Waals surface area contributed by atoms with E-state index < -0.39 is 0 Å². The predicted molar refractivity (Wildman–Crippen MR) is 137 cm³/mol. The van der Waals surface area contributed by atoms with E-state index in [1.165, 1.54) is 5.69 Å². The van der Waals surface area contributed by atoms with Gasteiger partial charge in [-0.05, 0) is 57.6 Å². The number of benzene rings is 1. The molecule has 34 heavy (non-hydrogen) atoms. The van der Waals surface area contributed by atoms with Crippen LogP contribution in [0.1, 0.15) is 18.5 Å². The minimum atomic E-state index is 0.442. The Morgan fingerprint density at radius 1 is 0.882 bits per heavy atom. The lowest BCUT2D eigenvalue weighted by Crippen LogP contribution is -2.36. The number of rotatable bonds is 6. The van der Waals surface area contributed by atoms with Gasteiger partial charge in [-0.25, -0.2) is 9.97 Å². The molecule has 0 amide bonds. The highest BCUT2D eigenvalue weighted by atomic mass is 16.5. The second kappa shape index (κ2) is 10.4. The number of pyridine rings is 1. The van der Waals surface area contributed by atoms with Crippen molar-refractivity contribution in [3.8, 4) is 11.1 Å². The highest BCUT2D eigenvalue weighted by Crippen LogP contribution is 2.33. The molecule has 0 aliphatic carbocycles. The van der Waals surface area contributed by atoms with Crippen LogP contribution in [0.3, 0.4) is 0 Å². The summed E-state index contributed by atoms with van der Waals surface area (Å²) < 4.78 is 5.49. The predicted octanol–water partition coefficient (Wildman–Crippen LogP) is 3.93. The van der Waals surface area contributed by atoms with Gasteiger partial charge < -0.3 is 25.2 Å². The Morgan fingerprint density at radius 2 is 1.62 bits per heavy atom. The van der Waals surface area contributed by atoms with E-state index >= 15 is 0 Å². The van der Waals surface area contributed by atoms with Crippen molar-refractivity contribution in [3.63, 3.8) is 0 Å². The topological polar surface area (TPSA) is 78.4 Å². The zero-order valence-corrected chi connectivity index (χ0v) is 20.0. The fourth-order valence-electron chi connectivity index (χ4n) is 4.51. The smallest absolute Gasteiger partial charge is 0.150 e. The maximum atomic E-state index is 5.49. The number of hydrogen-bond donors (Lipinski definition) is 2. The van der Waals surface area contributed by atoms with Gasteiger partial charge >= 0.3 is 0 Å². The van der Waals surface area contributed by atoms with Crippen molar-refractivity contribution < 1.29 is 4.74 Å². The highest BCUT2D eigenvalue weighted by molar-refractivity contribution is 5.80. The standard InChI is InChI=1S/C26H33N7O/c1-19-16-28-26(18-27-19)31-25-15-24(30-21-7-9-32(2)10-8-21)23(17-29-25)20-3-5-22(6-4-20)33-11-13-34-14-12-33/h3-6,15-18,21H,7-14H2,1-2H3,(H2,28,29,30,31). The van der Waals surface area contributed by atoms with Crippen molar-refractivity contribution in [3.05, 3.63) is 54.6 Å². The first-order valence-corrected chi connectivity index (χ1v) is 12.1. The molecule has 0 unspecified atom stereocenters. The summed E-state index contributed by atoms with van der Waals surface area (Å²) in [7, 11) is 2.19. The van der Waals surface area contributed by atoms with Crippen molar-refractivity contribution in [2.24, 2.45) is 0 Å². The van der Waals surface area contributed by atoms with Gasteiger partial charge in [0.1, 0.15) is 11.6 Å². The van der Waals surface area contributed by atoms with Crippen molar-refractivity contribution in [2.75, 3.05) is 62.0 Å². The number of likely N-dealkylation sites (tertiary alicyclic amines) is 1. The van der Waals surface area contributed by atoms with Crippen LogP contribution in [0.25, 0.3) is 11.1 Å². The maximum absolute atomic E-state index is 5.49. The molecule has 2 saturated heterocycles. The molecule has 0 radical (unpaired) electrons. The van der Waals surface area contributed by atoms with Crippen LogP contribution in [0, 0.1) is 6.92 Å². The molecule has 2 fully saturated rings. The van der Waals surface area contributed by atoms with Gasteiger partial charge in [-0.3, -0.25) is 4.98 Å². The zero-order chi connectivity index (χ0) is 23.3. The van der Waals surface area contributed by atoms with Crippen LogP contribution in [-0.2, 0) is 4.74 Å². The number of anilines is 4. The second-order valence-corrected chi connectivity index (χ2v) is 9.15. The number of hydrogen-bond acceptors (Lipinski definition) is 8. The number of aryl methyl sites for hydroxylation is 1. The first-order valence-electron chi connectivity index (χ1n) is 12.1. The number of nitrogens with zero attached hydrogens (tertiary/aromatic N) is 5. The number of morpholine rings is 1. The van der Waals surface area contributed by atoms with E-state index in [0.29, 0.717) is 11.9 Å². The van der Waals surface area contributed by atoms with E-state index in [0.717, 1.165) is 80.6 Å². The first-order chi connectivity index (χ1) is 16.6. The van der Waals surface area contributed by atoms with Gasteiger partial charge in [0.15, 0.2) is 0 Å². The Morgan fingerprint density at radius 3 is 2.32 bits per heavy atom. The minimum absolute atomic E-state index is 0.442. The van der Waals surface area contributed by atoms with Crippen LogP contribution in [0.4, 0.5) is 23.0 Å². The quantitative estimate of drug-likeness (QED) is 0.574. The molecule has 8 nitrogen and oxygen atoms in total. The lowest BCUT2D eigenvalue weighted by atomic mass is 10.0. The average Bonchev–Trinajstić information content (AvgIpc) is 2.88. The molecule has 8 heteroatoms. The van der Waals surface area contributed by atoms with Crippen molar-refractivity contribution in [1.82, 2.24) is 19.9 Å². The molecule has 4 heterocycles. The van der Waals surface area contributed by atoms with Crippen LogP contribution in [0.2, 0.25) is 0 Å². The summed E-state index contributed by atoms with van der Waals surface area (Å²) >= 11 is 0. The molecule has 1 aromatic carbocycles. The summed E-state index contributed by atoms with van der Waals surface area (Å²) in [5.74, 6) is 1.44. The van der Waals surface area contributed by atoms with E-state index in [4.69, 9.17) is 9.72 Å². The van der Waals surface area contributed by atoms with Gasteiger partial charge in [-0.2, -0.15) is 0 Å². The van der Waals surface area contributed by atoms with Gasteiger partial charge in [0.2, 0.25) is 0 Å².